The molecule has 2 aliphatic heterocycles. The van der Waals surface area contributed by atoms with Crippen molar-refractivity contribution in [2.75, 3.05) is 6.54 Å². The summed E-state index contributed by atoms with van der Waals surface area (Å²) in [5, 5.41) is 8.36. The third kappa shape index (κ3) is 7.07. The van der Waals surface area contributed by atoms with Crippen LogP contribution in [0.4, 0.5) is 13.2 Å². The fourth-order valence-corrected chi connectivity index (χ4v) is 8.11. The van der Waals surface area contributed by atoms with Crippen molar-refractivity contribution in [3.8, 4) is 11.1 Å². The third-order valence-electron chi connectivity index (χ3n) is 11.2. The minimum absolute atomic E-state index is 0.00650. The molecule has 53 heavy (non-hydrogen) atoms. The summed E-state index contributed by atoms with van der Waals surface area (Å²) in [5.74, 6) is -0.784. The molecule has 3 aromatic heterocycles. The van der Waals surface area contributed by atoms with Gasteiger partial charge in [-0.1, -0.05) is 25.8 Å². The third-order valence-corrected chi connectivity index (χ3v) is 11.2. The number of hydrogen-bond acceptors (Lipinski definition) is 8. The van der Waals surface area contributed by atoms with E-state index in [-0.39, 0.29) is 61.0 Å². The van der Waals surface area contributed by atoms with Gasteiger partial charge < -0.3 is 10.2 Å². The van der Waals surface area contributed by atoms with Crippen LogP contribution in [0.5, 0.6) is 0 Å². The second kappa shape index (κ2) is 13.8. The number of aromatic nitrogens is 5. The summed E-state index contributed by atoms with van der Waals surface area (Å²) in [5.41, 5.74) is 2.16. The Balaban J connectivity index is 1.29. The minimum atomic E-state index is -4.68. The number of pyridine rings is 1. The van der Waals surface area contributed by atoms with Crippen molar-refractivity contribution >= 4 is 34.3 Å². The number of ketones is 2. The van der Waals surface area contributed by atoms with Gasteiger partial charge in [-0.05, 0) is 80.8 Å². The molecule has 0 spiro atoms. The number of nitrogens with one attached hydrogen (secondary N) is 1. The number of nitrogens with zero attached hydrogens (tertiary/aromatic N) is 6. The lowest BCUT2D eigenvalue weighted by molar-refractivity contribution is -0.141. The maximum Gasteiger partial charge on any atom is 0.433 e. The van der Waals surface area contributed by atoms with E-state index < -0.39 is 35.0 Å². The van der Waals surface area contributed by atoms with Crippen molar-refractivity contribution in [1.29, 1.82) is 0 Å². The molecule has 4 aromatic rings. The maximum atomic E-state index is 14.5. The van der Waals surface area contributed by atoms with Crippen molar-refractivity contribution in [2.24, 2.45) is 11.3 Å². The number of benzene rings is 1. The Morgan fingerprint density at radius 3 is 2.49 bits per heavy atom. The molecule has 2 bridgehead atoms. The number of halogens is 3. The first-order valence-corrected chi connectivity index (χ1v) is 18.1. The van der Waals surface area contributed by atoms with Crippen LogP contribution in [-0.2, 0) is 39.9 Å². The number of alkyl halides is 3. The summed E-state index contributed by atoms with van der Waals surface area (Å²) in [6.45, 7) is 6.74. The first-order chi connectivity index (χ1) is 25.1. The van der Waals surface area contributed by atoms with Crippen molar-refractivity contribution in [3.05, 3.63) is 70.7 Å². The van der Waals surface area contributed by atoms with Gasteiger partial charge in [0.15, 0.2) is 11.6 Å². The van der Waals surface area contributed by atoms with E-state index in [4.69, 9.17) is 0 Å². The van der Waals surface area contributed by atoms with Crippen molar-refractivity contribution in [2.45, 2.75) is 104 Å². The molecule has 14 heteroatoms. The lowest BCUT2D eigenvalue weighted by atomic mass is 9.94. The van der Waals surface area contributed by atoms with Gasteiger partial charge in [-0.2, -0.15) is 18.3 Å². The van der Waals surface area contributed by atoms with Gasteiger partial charge in [0.05, 0.1) is 23.7 Å². The summed E-state index contributed by atoms with van der Waals surface area (Å²) >= 11 is 0. The summed E-state index contributed by atoms with van der Waals surface area (Å²) < 4.78 is 42.2. The Kier molecular flexibility index (Phi) is 9.44. The van der Waals surface area contributed by atoms with Crippen LogP contribution in [0.2, 0.25) is 0 Å². The zero-order valence-electron chi connectivity index (χ0n) is 30.2. The number of amides is 2. The molecule has 11 nitrogen and oxygen atoms in total. The van der Waals surface area contributed by atoms with E-state index in [0.29, 0.717) is 41.6 Å². The van der Waals surface area contributed by atoms with E-state index in [2.05, 4.69) is 25.4 Å². The van der Waals surface area contributed by atoms with Gasteiger partial charge in [0.1, 0.15) is 23.8 Å². The van der Waals surface area contributed by atoms with Crippen LogP contribution in [0, 0.1) is 25.2 Å². The first kappa shape index (κ1) is 36.4. The molecule has 1 aliphatic carbocycles. The van der Waals surface area contributed by atoms with E-state index in [0.717, 1.165) is 42.0 Å². The topological polar surface area (TPSA) is 140 Å². The van der Waals surface area contributed by atoms with Gasteiger partial charge in [-0.15, -0.1) is 0 Å². The molecular formula is C39H42F3N7O4. The summed E-state index contributed by atoms with van der Waals surface area (Å²) in [4.78, 5) is 68.8. The average molecular weight is 730 g/mol. The highest BCUT2D eigenvalue weighted by Gasteiger charge is 2.66. The molecule has 278 valence electrons. The molecule has 2 fully saturated rings. The van der Waals surface area contributed by atoms with Gasteiger partial charge in [-0.25, -0.2) is 15.0 Å². The second-order valence-corrected chi connectivity index (χ2v) is 15.0. The number of carbonyl (C=O) groups is 4. The van der Waals surface area contributed by atoms with Gasteiger partial charge in [0.25, 0.3) is 0 Å². The zero-order chi connectivity index (χ0) is 37.8. The highest BCUT2D eigenvalue weighted by atomic mass is 19.4. The Morgan fingerprint density at radius 2 is 1.77 bits per heavy atom. The van der Waals surface area contributed by atoms with Crippen molar-refractivity contribution in [1.82, 2.24) is 34.9 Å². The SMILES string of the molecule is CC(=O)c1nn2c3c(cc(-c4cnc(C)nc4)cc13)CCCCC[C@@H](C)C(=O)NC[C@@]13C[C@@H](C(=O)Cc4nc(C(F)(F)F)ccc4C)N(C(=O)C2)[C@@H]1C3. The number of aryl methyl sites for hydroxylation is 3. The van der Waals surface area contributed by atoms with Gasteiger partial charge in [-0.3, -0.25) is 23.9 Å². The maximum absolute atomic E-state index is 14.5. The predicted molar refractivity (Wildman–Crippen MR) is 189 cm³/mol. The molecule has 2 amide bonds. The molecule has 1 aromatic carbocycles. The van der Waals surface area contributed by atoms with Gasteiger partial charge in [0.2, 0.25) is 11.8 Å². The lowest BCUT2D eigenvalue weighted by Crippen LogP contribution is -2.45. The Bertz CT molecular complexity index is 2130. The van der Waals surface area contributed by atoms with Crippen LogP contribution < -0.4 is 5.32 Å². The monoisotopic (exact) mass is 729 g/mol. The van der Waals surface area contributed by atoms with E-state index in [1.165, 1.54) is 13.0 Å². The molecular weight excluding hydrogens is 687 g/mol. The molecule has 1 saturated carbocycles. The van der Waals surface area contributed by atoms with Gasteiger partial charge >= 0.3 is 6.18 Å². The molecule has 7 rings (SSSR count). The molecule has 0 unspecified atom stereocenters. The summed E-state index contributed by atoms with van der Waals surface area (Å²) in [6, 6.07) is 4.78. The van der Waals surface area contributed by atoms with Crippen molar-refractivity contribution < 1.29 is 32.3 Å². The standard InChI is InChI=1S/C39H42F3N7O4/c1-21-10-11-32(39(40,41)42)46-29(21)14-31(51)30-15-38-16-33(38)49(30)34(52)19-48-36-25(9-7-5-6-8-22(2)37(53)45-20-38)12-26(27-17-43-24(4)44-18-27)13-28(36)35(47-48)23(3)50/h10-13,17-18,22,30,33H,5-9,14-16,19-20H2,1-4H3,(H,45,53)/t22-,30+,33-,38+/m1/s1. The van der Waals surface area contributed by atoms with Crippen LogP contribution in [-0.4, -0.2) is 71.6 Å². The van der Waals surface area contributed by atoms with Crippen LogP contribution in [0.1, 0.15) is 91.2 Å². The average Bonchev–Trinajstić information content (AvgIpc) is 3.52. The van der Waals surface area contributed by atoms with Crippen molar-refractivity contribution in [3.63, 3.8) is 0 Å². The first-order valence-electron chi connectivity index (χ1n) is 18.1. The predicted octanol–water partition coefficient (Wildman–Crippen LogP) is 5.77. The molecule has 4 atom stereocenters. The second-order valence-electron chi connectivity index (χ2n) is 15.0. The largest absolute Gasteiger partial charge is 0.433 e. The van der Waals surface area contributed by atoms with Gasteiger partial charge in [0, 0.05) is 54.2 Å². The van der Waals surface area contributed by atoms with Crippen LogP contribution in [0.25, 0.3) is 22.0 Å². The molecule has 3 aliphatic rings. The lowest BCUT2D eigenvalue weighted by Gasteiger charge is -2.27. The molecule has 1 saturated heterocycles. The molecule has 0 radical (unpaired) electrons. The van der Waals surface area contributed by atoms with E-state index in [1.807, 2.05) is 19.1 Å². The molecule has 5 heterocycles. The zero-order valence-corrected chi connectivity index (χ0v) is 30.2. The van der Waals surface area contributed by atoms with E-state index in [9.17, 15) is 32.3 Å². The number of piperidine rings is 1. The number of rotatable bonds is 5. The van der Waals surface area contributed by atoms with E-state index in [1.54, 1.807) is 35.8 Å². The van der Waals surface area contributed by atoms with Crippen LogP contribution in [0.3, 0.4) is 0 Å². The number of Topliss-reactive ketones (excluding diaryl/α,β-unsaturated/α-hetero) is 2. The number of carbonyl (C=O) groups excluding carboxylic acids is 4. The Labute approximate surface area is 304 Å². The number of hydrogen-bond donors (Lipinski definition) is 1. The Hall–Kier alpha value is -5.01. The summed E-state index contributed by atoms with van der Waals surface area (Å²) in [6.07, 6.45) is 3.04. The fourth-order valence-electron chi connectivity index (χ4n) is 8.11. The Morgan fingerprint density at radius 1 is 1.02 bits per heavy atom. The highest BCUT2D eigenvalue weighted by Crippen LogP contribution is 2.59. The highest BCUT2D eigenvalue weighted by molar-refractivity contribution is 6.07. The minimum Gasteiger partial charge on any atom is -0.355 e. The molecule has 1 N–H and O–H groups in total. The quantitative estimate of drug-likeness (QED) is 0.256. The van der Waals surface area contributed by atoms with Crippen LogP contribution >= 0.6 is 0 Å². The summed E-state index contributed by atoms with van der Waals surface area (Å²) in [7, 11) is 0. The van der Waals surface area contributed by atoms with E-state index >= 15 is 0 Å². The fraction of sp³-hybridized carbons (Fsp3) is 0.487. The van der Waals surface area contributed by atoms with Crippen LogP contribution in [0.15, 0.2) is 36.7 Å². The smallest absolute Gasteiger partial charge is 0.355 e. The normalized spacial score (nSPS) is 23.8.